The van der Waals surface area contributed by atoms with Crippen LogP contribution in [0, 0.1) is 12.7 Å². The Labute approximate surface area is 145 Å². The molecule has 0 saturated carbocycles. The van der Waals surface area contributed by atoms with E-state index in [0.717, 1.165) is 0 Å². The predicted octanol–water partition coefficient (Wildman–Crippen LogP) is 2.10. The molecular weight excluding hydrogens is 325 g/mol. The van der Waals surface area contributed by atoms with Crippen molar-refractivity contribution in [3.05, 3.63) is 65.0 Å². The van der Waals surface area contributed by atoms with Gasteiger partial charge in [-0.2, -0.15) is 0 Å². The number of amides is 1. The number of carbonyl (C=O) groups excluding carboxylic acids is 1. The molecule has 0 aliphatic heterocycles. The molecule has 0 heterocycles. The second-order valence-electron chi connectivity index (χ2n) is 5.34. The SMILES string of the molecule is COc1ccc(/C(N)=N/OCC(=O)NCc2ccc(C)c(F)c2)cc1. The van der Waals surface area contributed by atoms with Crippen molar-refractivity contribution in [2.75, 3.05) is 13.7 Å². The van der Waals surface area contributed by atoms with Gasteiger partial charge < -0.3 is 20.6 Å². The molecule has 2 rings (SSSR count). The van der Waals surface area contributed by atoms with Gasteiger partial charge in [0.15, 0.2) is 12.4 Å². The lowest BCUT2D eigenvalue weighted by Crippen LogP contribution is -2.27. The minimum absolute atomic E-state index is 0.149. The standard InChI is InChI=1S/C18H20FN3O3/c1-12-3-4-13(9-16(12)19)10-21-17(23)11-25-22-18(20)14-5-7-15(24-2)8-6-14/h3-9H,10-11H2,1-2H3,(H2,20,22)(H,21,23). The Morgan fingerprint density at radius 1 is 1.24 bits per heavy atom. The predicted molar refractivity (Wildman–Crippen MR) is 92.7 cm³/mol. The largest absolute Gasteiger partial charge is 0.497 e. The molecule has 0 spiro atoms. The first-order chi connectivity index (χ1) is 12.0. The highest BCUT2D eigenvalue weighted by molar-refractivity contribution is 5.97. The molecule has 3 N–H and O–H groups in total. The fourth-order valence-electron chi connectivity index (χ4n) is 1.97. The van der Waals surface area contributed by atoms with E-state index < -0.39 is 0 Å². The van der Waals surface area contributed by atoms with Crippen molar-refractivity contribution in [2.45, 2.75) is 13.5 Å². The highest BCUT2D eigenvalue weighted by Gasteiger charge is 2.05. The molecule has 0 aromatic heterocycles. The minimum atomic E-state index is -0.382. The summed E-state index contributed by atoms with van der Waals surface area (Å²) in [5.41, 5.74) is 7.65. The van der Waals surface area contributed by atoms with E-state index in [0.29, 0.717) is 22.4 Å². The molecule has 0 saturated heterocycles. The molecule has 6 nitrogen and oxygen atoms in total. The number of carbonyl (C=O) groups is 1. The number of benzene rings is 2. The van der Waals surface area contributed by atoms with Crippen molar-refractivity contribution in [1.29, 1.82) is 0 Å². The highest BCUT2D eigenvalue weighted by atomic mass is 19.1. The number of nitrogens with one attached hydrogen (secondary N) is 1. The van der Waals surface area contributed by atoms with Gasteiger partial charge >= 0.3 is 0 Å². The molecule has 0 radical (unpaired) electrons. The van der Waals surface area contributed by atoms with E-state index in [1.807, 2.05) is 0 Å². The van der Waals surface area contributed by atoms with E-state index in [9.17, 15) is 9.18 Å². The summed E-state index contributed by atoms with van der Waals surface area (Å²) in [6, 6.07) is 11.7. The lowest BCUT2D eigenvalue weighted by molar-refractivity contribution is -0.125. The van der Waals surface area contributed by atoms with Crippen LogP contribution in [0.15, 0.2) is 47.6 Å². The van der Waals surface area contributed by atoms with E-state index >= 15 is 0 Å². The first-order valence-corrected chi connectivity index (χ1v) is 7.61. The Hall–Kier alpha value is -3.09. The third kappa shape index (κ3) is 5.49. The number of ether oxygens (including phenoxy) is 1. The summed E-state index contributed by atoms with van der Waals surface area (Å²) in [5.74, 6) is 0.160. The van der Waals surface area contributed by atoms with Crippen LogP contribution in [0.4, 0.5) is 4.39 Å². The average Bonchev–Trinajstić information content (AvgIpc) is 2.62. The molecule has 2 aromatic rings. The third-order valence-corrected chi connectivity index (χ3v) is 3.47. The maximum Gasteiger partial charge on any atom is 0.261 e. The molecule has 132 valence electrons. The van der Waals surface area contributed by atoms with Crippen molar-refractivity contribution in [1.82, 2.24) is 5.32 Å². The second-order valence-corrected chi connectivity index (χ2v) is 5.34. The summed E-state index contributed by atoms with van der Waals surface area (Å²) in [7, 11) is 1.57. The Kier molecular flexibility index (Phi) is 6.33. The molecule has 0 fully saturated rings. The Balaban J connectivity index is 1.79. The summed E-state index contributed by atoms with van der Waals surface area (Å²) < 4.78 is 18.5. The van der Waals surface area contributed by atoms with E-state index in [2.05, 4.69) is 10.5 Å². The van der Waals surface area contributed by atoms with Gasteiger partial charge in [-0.1, -0.05) is 17.3 Å². The van der Waals surface area contributed by atoms with Crippen LogP contribution in [0.25, 0.3) is 0 Å². The van der Waals surface area contributed by atoms with Crippen LogP contribution in [0.5, 0.6) is 5.75 Å². The van der Waals surface area contributed by atoms with E-state index in [4.69, 9.17) is 15.3 Å². The summed E-state index contributed by atoms with van der Waals surface area (Å²) in [5, 5.41) is 6.32. The number of aryl methyl sites for hydroxylation is 1. The number of methoxy groups -OCH3 is 1. The van der Waals surface area contributed by atoms with Gasteiger partial charge in [-0.15, -0.1) is 0 Å². The van der Waals surface area contributed by atoms with E-state index in [1.165, 1.54) is 6.07 Å². The highest BCUT2D eigenvalue weighted by Crippen LogP contribution is 2.11. The van der Waals surface area contributed by atoms with Crippen molar-refractivity contribution < 1.29 is 18.8 Å². The van der Waals surface area contributed by atoms with Gasteiger partial charge in [0.2, 0.25) is 0 Å². The van der Waals surface area contributed by atoms with Crippen molar-refractivity contribution in [2.24, 2.45) is 10.9 Å². The minimum Gasteiger partial charge on any atom is -0.497 e. The molecule has 7 heteroatoms. The fraction of sp³-hybridized carbons (Fsp3) is 0.222. The number of amidine groups is 1. The van der Waals surface area contributed by atoms with E-state index in [1.54, 1.807) is 50.4 Å². The van der Waals surface area contributed by atoms with Crippen LogP contribution in [0.2, 0.25) is 0 Å². The molecule has 0 atom stereocenters. The third-order valence-electron chi connectivity index (χ3n) is 3.47. The summed E-state index contributed by atoms with van der Waals surface area (Å²) >= 11 is 0. The van der Waals surface area contributed by atoms with Crippen LogP contribution < -0.4 is 15.8 Å². The molecule has 0 bridgehead atoms. The molecule has 25 heavy (non-hydrogen) atoms. The topological polar surface area (TPSA) is 85.9 Å². The smallest absolute Gasteiger partial charge is 0.261 e. The molecule has 0 aliphatic rings. The summed E-state index contributed by atoms with van der Waals surface area (Å²) in [4.78, 5) is 16.7. The van der Waals surface area contributed by atoms with Crippen molar-refractivity contribution >= 4 is 11.7 Å². The average molecular weight is 345 g/mol. The lowest BCUT2D eigenvalue weighted by atomic mass is 10.1. The first kappa shape index (κ1) is 18.3. The number of rotatable bonds is 7. The Bertz CT molecular complexity index is 761. The number of hydrogen-bond donors (Lipinski definition) is 2. The number of halogens is 1. The Morgan fingerprint density at radius 3 is 2.60 bits per heavy atom. The van der Waals surface area contributed by atoms with Crippen LogP contribution in [0.3, 0.4) is 0 Å². The zero-order valence-electron chi connectivity index (χ0n) is 14.1. The zero-order chi connectivity index (χ0) is 18.2. The Morgan fingerprint density at radius 2 is 1.96 bits per heavy atom. The summed E-state index contributed by atoms with van der Waals surface area (Å²) in [6.45, 7) is 1.60. The van der Waals surface area contributed by atoms with Crippen LogP contribution in [0.1, 0.15) is 16.7 Å². The number of nitrogens with two attached hydrogens (primary N) is 1. The molecule has 2 aromatic carbocycles. The van der Waals surface area contributed by atoms with Gasteiger partial charge in [-0.3, -0.25) is 4.79 Å². The maximum atomic E-state index is 13.4. The molecular formula is C18H20FN3O3. The van der Waals surface area contributed by atoms with Gasteiger partial charge in [0.25, 0.3) is 5.91 Å². The van der Waals surface area contributed by atoms with Crippen molar-refractivity contribution in [3.8, 4) is 5.75 Å². The molecule has 0 unspecified atom stereocenters. The number of oxime groups is 1. The molecule has 0 aliphatic carbocycles. The van der Waals surface area contributed by atoms with Crippen LogP contribution >= 0.6 is 0 Å². The number of nitrogens with zero attached hydrogens (tertiary/aromatic N) is 1. The fourth-order valence-corrected chi connectivity index (χ4v) is 1.97. The zero-order valence-corrected chi connectivity index (χ0v) is 14.1. The number of hydrogen-bond acceptors (Lipinski definition) is 4. The molecule has 1 amide bonds. The van der Waals surface area contributed by atoms with Gasteiger partial charge in [-0.05, 0) is 48.4 Å². The summed E-state index contributed by atoms with van der Waals surface area (Å²) in [6.07, 6.45) is 0. The maximum absolute atomic E-state index is 13.4. The quantitative estimate of drug-likeness (QED) is 0.457. The second kappa shape index (κ2) is 8.68. The van der Waals surface area contributed by atoms with Crippen LogP contribution in [-0.4, -0.2) is 25.5 Å². The van der Waals surface area contributed by atoms with Gasteiger partial charge in [0, 0.05) is 12.1 Å². The van der Waals surface area contributed by atoms with Crippen molar-refractivity contribution in [3.63, 3.8) is 0 Å². The van der Waals surface area contributed by atoms with E-state index in [-0.39, 0.29) is 30.7 Å². The van der Waals surface area contributed by atoms with Gasteiger partial charge in [0.05, 0.1) is 7.11 Å². The van der Waals surface area contributed by atoms with Gasteiger partial charge in [0.1, 0.15) is 11.6 Å². The monoisotopic (exact) mass is 345 g/mol. The first-order valence-electron chi connectivity index (χ1n) is 7.61. The normalized spacial score (nSPS) is 11.1. The van der Waals surface area contributed by atoms with Crippen LogP contribution in [-0.2, 0) is 16.2 Å². The lowest BCUT2D eigenvalue weighted by Gasteiger charge is -2.06. The van der Waals surface area contributed by atoms with Gasteiger partial charge in [-0.25, -0.2) is 4.39 Å².